The second-order valence-electron chi connectivity index (χ2n) is 3.72. The maximum Gasteiger partial charge on any atom is 0.297 e. The number of sulfonamides is 1. The highest BCUT2D eigenvalue weighted by Gasteiger charge is 2.26. The Morgan fingerprint density at radius 1 is 1.33 bits per heavy atom. The Bertz CT molecular complexity index is 819. The topological polar surface area (TPSA) is 110 Å². The van der Waals surface area contributed by atoms with Crippen LogP contribution in [0.25, 0.3) is 0 Å². The van der Waals surface area contributed by atoms with E-state index in [0.29, 0.717) is 0 Å². The summed E-state index contributed by atoms with van der Waals surface area (Å²) in [5, 5.41) is 20.5. The van der Waals surface area contributed by atoms with Crippen LogP contribution in [0, 0.1) is 10.1 Å². The Labute approximate surface area is 132 Å². The van der Waals surface area contributed by atoms with Crippen molar-refractivity contribution >= 4 is 55.9 Å². The fourth-order valence-electron chi connectivity index (χ4n) is 1.48. The molecule has 21 heavy (non-hydrogen) atoms. The van der Waals surface area contributed by atoms with Crippen molar-refractivity contribution in [2.45, 2.75) is 4.90 Å². The molecule has 11 heteroatoms. The van der Waals surface area contributed by atoms with Gasteiger partial charge in [-0.2, -0.15) is 0 Å². The summed E-state index contributed by atoms with van der Waals surface area (Å²) in [6, 6.07) is 4.51. The molecular weight excluding hydrogens is 363 g/mol. The summed E-state index contributed by atoms with van der Waals surface area (Å²) in [4.78, 5) is 9.74. The number of phenolic OH excluding ortho intramolecular Hbond substituents is 1. The summed E-state index contributed by atoms with van der Waals surface area (Å²) >= 11 is 12.3. The van der Waals surface area contributed by atoms with Crippen molar-refractivity contribution in [1.29, 1.82) is 0 Å². The van der Waals surface area contributed by atoms with E-state index in [1.54, 1.807) is 0 Å². The third kappa shape index (κ3) is 3.21. The Morgan fingerprint density at radius 2 is 2.00 bits per heavy atom. The van der Waals surface area contributed by atoms with E-state index in [1.807, 2.05) is 4.72 Å². The van der Waals surface area contributed by atoms with Crippen molar-refractivity contribution < 1.29 is 18.4 Å². The first kappa shape index (κ1) is 15.8. The highest BCUT2D eigenvalue weighted by molar-refractivity contribution is 7.93. The van der Waals surface area contributed by atoms with Crippen molar-refractivity contribution in [3.63, 3.8) is 0 Å². The van der Waals surface area contributed by atoms with Crippen molar-refractivity contribution in [1.82, 2.24) is 0 Å². The molecule has 0 aliphatic carbocycles. The first-order valence-electron chi connectivity index (χ1n) is 5.16. The third-order valence-electron chi connectivity index (χ3n) is 2.37. The highest BCUT2D eigenvalue weighted by Crippen LogP contribution is 2.38. The van der Waals surface area contributed by atoms with Gasteiger partial charge < -0.3 is 5.11 Å². The molecule has 7 nitrogen and oxygen atoms in total. The van der Waals surface area contributed by atoms with Gasteiger partial charge in [-0.1, -0.05) is 29.3 Å². The number of nitrogens with one attached hydrogen (secondary N) is 1. The standard InChI is InChI=1S/C10H6Cl2N2O5S2/c11-8-4-7(10(12)20-8)21(18,19)13-9-5(14(16)17)2-1-3-6(9)15/h1-4,13,15H. The normalized spacial score (nSPS) is 11.3. The molecule has 0 atom stereocenters. The smallest absolute Gasteiger partial charge is 0.297 e. The Kier molecular flexibility index (Phi) is 4.28. The van der Waals surface area contributed by atoms with Crippen LogP contribution in [0.2, 0.25) is 8.67 Å². The zero-order chi connectivity index (χ0) is 15.8. The number of hydrogen-bond donors (Lipinski definition) is 2. The van der Waals surface area contributed by atoms with Crippen molar-refractivity contribution in [3.05, 3.63) is 43.1 Å². The molecule has 1 aromatic carbocycles. The highest BCUT2D eigenvalue weighted by atomic mass is 35.5. The average molecular weight is 369 g/mol. The summed E-state index contributed by atoms with van der Waals surface area (Å²) in [5.41, 5.74) is -1.13. The minimum Gasteiger partial charge on any atom is -0.505 e. The molecule has 0 saturated heterocycles. The number of halogens is 2. The number of thiophene rings is 1. The summed E-state index contributed by atoms with van der Waals surface area (Å²) in [6.45, 7) is 0. The van der Waals surface area contributed by atoms with Crippen LogP contribution < -0.4 is 4.72 Å². The van der Waals surface area contributed by atoms with Gasteiger partial charge in [-0.3, -0.25) is 14.8 Å². The maximum atomic E-state index is 12.2. The van der Waals surface area contributed by atoms with Crippen LogP contribution in [0.15, 0.2) is 29.2 Å². The van der Waals surface area contributed by atoms with Gasteiger partial charge in [0, 0.05) is 6.07 Å². The van der Waals surface area contributed by atoms with Gasteiger partial charge in [0.1, 0.15) is 15.0 Å². The van der Waals surface area contributed by atoms with Crippen LogP contribution in [-0.2, 0) is 10.0 Å². The molecule has 0 saturated carbocycles. The first-order valence-corrected chi connectivity index (χ1v) is 8.22. The molecule has 1 aromatic heterocycles. The Balaban J connectivity index is 2.52. The van der Waals surface area contributed by atoms with Gasteiger partial charge >= 0.3 is 0 Å². The largest absolute Gasteiger partial charge is 0.505 e. The number of benzene rings is 1. The van der Waals surface area contributed by atoms with Crippen LogP contribution >= 0.6 is 34.5 Å². The van der Waals surface area contributed by atoms with Gasteiger partial charge in [0.2, 0.25) is 0 Å². The first-order chi connectivity index (χ1) is 9.72. The fourth-order valence-corrected chi connectivity index (χ4v) is 4.72. The Hall–Kier alpha value is -1.55. The number of rotatable bonds is 4. The number of nitro benzene ring substituents is 1. The van der Waals surface area contributed by atoms with Crippen molar-refractivity contribution in [2.24, 2.45) is 0 Å². The fraction of sp³-hybridized carbons (Fsp3) is 0. The van der Waals surface area contributed by atoms with E-state index in [2.05, 4.69) is 0 Å². The summed E-state index contributed by atoms with van der Waals surface area (Å²) in [7, 11) is -4.22. The number of phenols is 1. The third-order valence-corrected chi connectivity index (χ3v) is 5.47. The molecule has 0 fully saturated rings. The molecule has 0 radical (unpaired) electrons. The zero-order valence-electron chi connectivity index (χ0n) is 9.91. The average Bonchev–Trinajstić information content (AvgIpc) is 2.71. The molecule has 0 bridgehead atoms. The maximum absolute atomic E-state index is 12.2. The van der Waals surface area contributed by atoms with E-state index in [0.717, 1.165) is 29.5 Å². The molecule has 0 spiro atoms. The molecule has 0 unspecified atom stereocenters. The van der Waals surface area contributed by atoms with E-state index < -0.39 is 32.1 Å². The summed E-state index contributed by atoms with van der Waals surface area (Å²) < 4.78 is 26.4. The van der Waals surface area contributed by atoms with Gasteiger partial charge in [-0.05, 0) is 12.1 Å². The lowest BCUT2D eigenvalue weighted by Gasteiger charge is -2.09. The van der Waals surface area contributed by atoms with Crippen LogP contribution in [-0.4, -0.2) is 18.4 Å². The van der Waals surface area contributed by atoms with Crippen molar-refractivity contribution in [2.75, 3.05) is 4.72 Å². The number of nitrogens with zero attached hydrogens (tertiary/aromatic N) is 1. The number of para-hydroxylation sites is 1. The molecule has 0 aliphatic rings. The van der Waals surface area contributed by atoms with Gasteiger partial charge in [0.05, 0.1) is 9.26 Å². The number of anilines is 1. The Morgan fingerprint density at radius 3 is 2.52 bits per heavy atom. The van der Waals surface area contributed by atoms with Crippen LogP contribution in [0.1, 0.15) is 0 Å². The molecule has 2 N–H and O–H groups in total. The SMILES string of the molecule is O=[N+]([O-])c1cccc(O)c1NS(=O)(=O)c1cc(Cl)sc1Cl. The van der Waals surface area contributed by atoms with E-state index in [4.69, 9.17) is 23.2 Å². The van der Waals surface area contributed by atoms with E-state index >= 15 is 0 Å². The van der Waals surface area contributed by atoms with Gasteiger partial charge in [-0.25, -0.2) is 8.42 Å². The number of nitro groups is 1. The second-order valence-corrected chi connectivity index (χ2v) is 7.66. The van der Waals surface area contributed by atoms with Crippen LogP contribution in [0.5, 0.6) is 5.75 Å². The van der Waals surface area contributed by atoms with Gasteiger partial charge in [0.25, 0.3) is 15.7 Å². The second kappa shape index (κ2) is 5.68. The molecular formula is C10H6Cl2N2O5S2. The van der Waals surface area contributed by atoms with Gasteiger partial charge in [0.15, 0.2) is 5.69 Å². The minimum atomic E-state index is -4.22. The molecule has 2 aromatic rings. The number of hydrogen-bond acceptors (Lipinski definition) is 6. The summed E-state index contributed by atoms with van der Waals surface area (Å²) in [5.74, 6) is -0.578. The van der Waals surface area contributed by atoms with Gasteiger partial charge in [-0.15, -0.1) is 11.3 Å². The monoisotopic (exact) mass is 368 g/mol. The summed E-state index contributed by atoms with van der Waals surface area (Å²) in [6.07, 6.45) is 0. The molecule has 0 aliphatic heterocycles. The molecule has 1 heterocycles. The van der Waals surface area contributed by atoms with Crippen LogP contribution in [0.3, 0.4) is 0 Å². The van der Waals surface area contributed by atoms with Crippen molar-refractivity contribution in [3.8, 4) is 5.75 Å². The predicted molar refractivity (Wildman–Crippen MR) is 79.9 cm³/mol. The lowest BCUT2D eigenvalue weighted by molar-refractivity contribution is -0.383. The molecule has 112 valence electrons. The van der Waals surface area contributed by atoms with Crippen LogP contribution in [0.4, 0.5) is 11.4 Å². The lowest BCUT2D eigenvalue weighted by atomic mass is 10.2. The van der Waals surface area contributed by atoms with E-state index in [-0.39, 0.29) is 13.6 Å². The lowest BCUT2D eigenvalue weighted by Crippen LogP contribution is -2.13. The molecule has 2 rings (SSSR count). The molecule has 0 amide bonds. The number of aromatic hydroxyl groups is 1. The zero-order valence-corrected chi connectivity index (χ0v) is 13.1. The van der Waals surface area contributed by atoms with E-state index in [9.17, 15) is 23.6 Å². The predicted octanol–water partition coefficient (Wildman–Crippen LogP) is 3.47. The van der Waals surface area contributed by atoms with E-state index in [1.165, 1.54) is 6.07 Å². The minimum absolute atomic E-state index is 0.0921. The quantitative estimate of drug-likeness (QED) is 0.487.